The van der Waals surface area contributed by atoms with Crippen LogP contribution in [-0.4, -0.2) is 27.2 Å². The van der Waals surface area contributed by atoms with Crippen LogP contribution in [0.25, 0.3) is 22.3 Å². The minimum atomic E-state index is -0.490. The number of benzene rings is 2. The van der Waals surface area contributed by atoms with Crippen LogP contribution in [0.2, 0.25) is 0 Å². The molecular weight excluding hydrogens is 304 g/mol. The Morgan fingerprint density at radius 2 is 1.52 bits per heavy atom. The SMILES string of the molecule is C=O.O=c1cc(-c2ccc(O)c(O)c2)oc2cc(O)cc(O)c12. The van der Waals surface area contributed by atoms with Gasteiger partial charge in [-0.2, -0.15) is 0 Å². The van der Waals surface area contributed by atoms with Gasteiger partial charge in [0.25, 0.3) is 0 Å². The van der Waals surface area contributed by atoms with Gasteiger partial charge in [-0.15, -0.1) is 0 Å². The average Bonchev–Trinajstić information content (AvgIpc) is 2.50. The molecule has 0 radical (unpaired) electrons. The summed E-state index contributed by atoms with van der Waals surface area (Å²) in [6.07, 6.45) is 0. The molecule has 7 nitrogen and oxygen atoms in total. The topological polar surface area (TPSA) is 128 Å². The summed E-state index contributed by atoms with van der Waals surface area (Å²) in [4.78, 5) is 20.0. The molecule has 0 saturated heterocycles. The van der Waals surface area contributed by atoms with Crippen LogP contribution in [0, 0.1) is 0 Å². The number of hydrogen-bond acceptors (Lipinski definition) is 7. The van der Waals surface area contributed by atoms with Crippen LogP contribution in [0.15, 0.2) is 45.6 Å². The van der Waals surface area contributed by atoms with Gasteiger partial charge in [0, 0.05) is 23.8 Å². The Kier molecular flexibility index (Phi) is 4.22. The number of hydrogen-bond donors (Lipinski definition) is 4. The zero-order chi connectivity index (χ0) is 17.1. The van der Waals surface area contributed by atoms with Crippen LogP contribution >= 0.6 is 0 Å². The molecule has 0 atom stereocenters. The summed E-state index contributed by atoms with van der Waals surface area (Å²) >= 11 is 0. The molecule has 7 heteroatoms. The highest BCUT2D eigenvalue weighted by Gasteiger charge is 2.13. The summed E-state index contributed by atoms with van der Waals surface area (Å²) in [5, 5.41) is 37.9. The first-order valence-electron chi connectivity index (χ1n) is 6.27. The Balaban J connectivity index is 0.000000924. The van der Waals surface area contributed by atoms with Crippen LogP contribution in [0.4, 0.5) is 0 Å². The molecule has 118 valence electrons. The number of fused-ring (bicyclic) bond motifs is 1. The van der Waals surface area contributed by atoms with Crippen molar-refractivity contribution in [1.29, 1.82) is 0 Å². The second-order valence-corrected chi connectivity index (χ2v) is 4.52. The molecule has 2 aromatic carbocycles. The molecule has 0 aliphatic rings. The van der Waals surface area contributed by atoms with Crippen molar-refractivity contribution in [3.8, 4) is 34.3 Å². The maximum atomic E-state index is 12.0. The van der Waals surface area contributed by atoms with Crippen molar-refractivity contribution in [3.05, 3.63) is 46.6 Å². The van der Waals surface area contributed by atoms with Crippen LogP contribution in [0.5, 0.6) is 23.0 Å². The van der Waals surface area contributed by atoms with Crippen molar-refractivity contribution in [2.24, 2.45) is 0 Å². The predicted molar refractivity (Wildman–Crippen MR) is 81.7 cm³/mol. The smallest absolute Gasteiger partial charge is 0.197 e. The third-order valence-corrected chi connectivity index (χ3v) is 3.05. The lowest BCUT2D eigenvalue weighted by Crippen LogP contribution is -2.00. The molecule has 1 heterocycles. The van der Waals surface area contributed by atoms with Gasteiger partial charge in [-0.3, -0.25) is 4.79 Å². The van der Waals surface area contributed by atoms with Crippen molar-refractivity contribution in [3.63, 3.8) is 0 Å². The highest BCUT2D eigenvalue weighted by Crippen LogP contribution is 2.33. The zero-order valence-electron chi connectivity index (χ0n) is 11.7. The van der Waals surface area contributed by atoms with E-state index in [9.17, 15) is 25.2 Å². The Morgan fingerprint density at radius 1 is 0.826 bits per heavy atom. The summed E-state index contributed by atoms with van der Waals surface area (Å²) in [6, 6.07) is 7.37. The van der Waals surface area contributed by atoms with Crippen LogP contribution in [0.1, 0.15) is 0 Å². The second kappa shape index (κ2) is 6.10. The van der Waals surface area contributed by atoms with Gasteiger partial charge >= 0.3 is 0 Å². The maximum absolute atomic E-state index is 12.0. The average molecular weight is 316 g/mol. The van der Waals surface area contributed by atoms with Crippen LogP contribution in [-0.2, 0) is 4.79 Å². The lowest BCUT2D eigenvalue weighted by Gasteiger charge is -2.06. The molecule has 0 saturated carbocycles. The van der Waals surface area contributed by atoms with E-state index in [-0.39, 0.29) is 39.7 Å². The number of rotatable bonds is 1. The van der Waals surface area contributed by atoms with Gasteiger partial charge in [0.05, 0.1) is 0 Å². The molecule has 0 amide bonds. The molecule has 0 unspecified atom stereocenters. The molecule has 4 N–H and O–H groups in total. The largest absolute Gasteiger partial charge is 0.508 e. The van der Waals surface area contributed by atoms with Crippen molar-refractivity contribution in [2.75, 3.05) is 0 Å². The first-order valence-corrected chi connectivity index (χ1v) is 6.27. The molecule has 3 aromatic rings. The lowest BCUT2D eigenvalue weighted by atomic mass is 10.1. The van der Waals surface area contributed by atoms with Gasteiger partial charge in [-0.25, -0.2) is 0 Å². The number of carbonyl (C=O) groups excluding carboxylic acids is 1. The Bertz CT molecular complexity index is 928. The summed E-state index contributed by atoms with van der Waals surface area (Å²) < 4.78 is 5.47. The normalized spacial score (nSPS) is 10.1. The highest BCUT2D eigenvalue weighted by molar-refractivity contribution is 5.86. The Morgan fingerprint density at radius 3 is 2.17 bits per heavy atom. The third-order valence-electron chi connectivity index (χ3n) is 3.05. The molecular formula is C16H12O7. The summed E-state index contributed by atoms with van der Waals surface area (Å²) in [7, 11) is 0. The van der Waals surface area contributed by atoms with Crippen LogP contribution < -0.4 is 5.43 Å². The molecule has 0 aliphatic heterocycles. The van der Waals surface area contributed by atoms with E-state index in [1.807, 2.05) is 6.79 Å². The van der Waals surface area contributed by atoms with Gasteiger partial charge in [-0.1, -0.05) is 0 Å². The number of carbonyl (C=O) groups is 1. The molecule has 0 fully saturated rings. The lowest BCUT2D eigenvalue weighted by molar-refractivity contribution is -0.0979. The van der Waals surface area contributed by atoms with Crippen molar-refractivity contribution in [2.45, 2.75) is 0 Å². The Hall–Kier alpha value is -3.48. The molecule has 1 aromatic heterocycles. The molecule has 0 bridgehead atoms. The monoisotopic (exact) mass is 316 g/mol. The quantitative estimate of drug-likeness (QED) is 0.506. The number of aromatic hydroxyl groups is 4. The fourth-order valence-electron chi connectivity index (χ4n) is 2.07. The van der Waals surface area contributed by atoms with Crippen molar-refractivity contribution < 1.29 is 29.6 Å². The summed E-state index contributed by atoms with van der Waals surface area (Å²) in [6.45, 7) is 2.00. The van der Waals surface area contributed by atoms with E-state index in [0.29, 0.717) is 5.56 Å². The molecule has 3 rings (SSSR count). The minimum absolute atomic E-state index is 0.0163. The van der Waals surface area contributed by atoms with Gasteiger partial charge in [0.1, 0.15) is 35.0 Å². The highest BCUT2D eigenvalue weighted by atomic mass is 16.3. The number of phenols is 4. The van der Waals surface area contributed by atoms with Gasteiger partial charge in [0.15, 0.2) is 16.9 Å². The Labute approximate surface area is 129 Å². The zero-order valence-corrected chi connectivity index (χ0v) is 11.7. The molecule has 0 aliphatic carbocycles. The van der Waals surface area contributed by atoms with Gasteiger partial charge in [0.2, 0.25) is 0 Å². The fraction of sp³-hybridized carbons (Fsp3) is 0. The fourth-order valence-corrected chi connectivity index (χ4v) is 2.07. The maximum Gasteiger partial charge on any atom is 0.197 e. The minimum Gasteiger partial charge on any atom is -0.508 e. The van der Waals surface area contributed by atoms with Crippen LogP contribution in [0.3, 0.4) is 0 Å². The second-order valence-electron chi connectivity index (χ2n) is 4.52. The van der Waals surface area contributed by atoms with Crippen molar-refractivity contribution in [1.82, 2.24) is 0 Å². The molecule has 23 heavy (non-hydrogen) atoms. The summed E-state index contributed by atoms with van der Waals surface area (Å²) in [5.74, 6) is -1.13. The molecule has 0 spiro atoms. The first-order chi connectivity index (χ1) is 11.0. The van der Waals surface area contributed by atoms with E-state index in [1.165, 1.54) is 24.3 Å². The van der Waals surface area contributed by atoms with E-state index in [1.54, 1.807) is 0 Å². The van der Waals surface area contributed by atoms with Crippen molar-refractivity contribution >= 4 is 17.8 Å². The third kappa shape index (κ3) is 2.93. The first kappa shape index (κ1) is 15.9. The summed E-state index contributed by atoms with van der Waals surface area (Å²) in [5.41, 5.74) is -0.106. The van der Waals surface area contributed by atoms with E-state index >= 15 is 0 Å². The van der Waals surface area contributed by atoms with Gasteiger partial charge in [-0.05, 0) is 18.2 Å². The standard InChI is InChI=1S/C15H10O6.CH2O/c16-8-4-11(19)15-12(20)6-13(21-14(15)5-8)7-1-2-9(17)10(18)3-7;1-2/h1-6,16-19H;1H2. The van der Waals surface area contributed by atoms with Gasteiger partial charge < -0.3 is 29.6 Å². The van der Waals surface area contributed by atoms with E-state index in [4.69, 9.17) is 9.21 Å². The number of phenolic OH excluding ortho intramolecular Hbond substituents is 4. The van der Waals surface area contributed by atoms with E-state index in [2.05, 4.69) is 0 Å². The van der Waals surface area contributed by atoms with E-state index in [0.717, 1.165) is 12.1 Å². The van der Waals surface area contributed by atoms with E-state index < -0.39 is 5.43 Å². The predicted octanol–water partition coefficient (Wildman–Crippen LogP) is 2.10.